The zero-order valence-electron chi connectivity index (χ0n) is 11.1. The molecule has 1 amide bonds. The zero-order valence-corrected chi connectivity index (χ0v) is 11.1. The average molecular weight is 284 g/mol. The summed E-state index contributed by atoms with van der Waals surface area (Å²) in [6.45, 7) is 0. The number of carbonyl (C=O) groups is 1. The lowest BCUT2D eigenvalue weighted by atomic mass is 9.99. The fraction of sp³-hybridized carbons (Fsp3) is 0.0714. The number of H-pyrrole nitrogens is 1. The van der Waals surface area contributed by atoms with E-state index >= 15 is 0 Å². The van der Waals surface area contributed by atoms with Gasteiger partial charge in [-0.25, -0.2) is 0 Å². The molecule has 2 aromatic carbocycles. The molecule has 0 saturated heterocycles. The second-order valence-electron chi connectivity index (χ2n) is 4.43. The fourth-order valence-corrected chi connectivity index (χ4v) is 2.24. The maximum Gasteiger partial charge on any atom is 0.271 e. The van der Waals surface area contributed by atoms with Crippen LogP contribution in [0, 0.1) is 0 Å². The number of aromatic nitrogens is 3. The summed E-state index contributed by atoms with van der Waals surface area (Å²) in [4.78, 5) is 11.4. The maximum atomic E-state index is 11.4. The van der Waals surface area contributed by atoms with Crippen molar-refractivity contribution in [3.05, 3.63) is 36.0 Å². The highest BCUT2D eigenvalue weighted by atomic mass is 16.5. The van der Waals surface area contributed by atoms with Gasteiger partial charge in [0.15, 0.2) is 5.69 Å². The lowest BCUT2D eigenvalue weighted by Gasteiger charge is -2.09. The minimum atomic E-state index is -0.724. The van der Waals surface area contributed by atoms with E-state index in [1.807, 2.05) is 6.07 Å². The number of primary amides is 1. The first-order chi connectivity index (χ1) is 10.1. The number of hydrogen-bond donors (Lipinski definition) is 3. The Labute approximate surface area is 119 Å². The number of nitrogens with one attached hydrogen (secondary N) is 1. The highest BCUT2D eigenvalue weighted by Crippen LogP contribution is 2.37. The first-order valence-electron chi connectivity index (χ1n) is 6.12. The standard InChI is InChI=1S/C14H12N4O3/c1-21-8-4-2-7-3-5-10(19)11(9(7)6-8)12-13(14(15)20)17-18-16-12/h2-6,19H,1H3,(H2,15,20)(H,16,17,18). The van der Waals surface area contributed by atoms with Crippen LogP contribution in [0.2, 0.25) is 0 Å². The third-order valence-corrected chi connectivity index (χ3v) is 3.22. The van der Waals surface area contributed by atoms with Gasteiger partial charge in [-0.05, 0) is 29.0 Å². The van der Waals surface area contributed by atoms with Crippen LogP contribution in [0.15, 0.2) is 30.3 Å². The van der Waals surface area contributed by atoms with Crippen LogP contribution in [0.5, 0.6) is 11.5 Å². The van der Waals surface area contributed by atoms with Gasteiger partial charge in [0.2, 0.25) is 0 Å². The lowest BCUT2D eigenvalue weighted by Crippen LogP contribution is -2.12. The van der Waals surface area contributed by atoms with Gasteiger partial charge in [0.1, 0.15) is 17.2 Å². The smallest absolute Gasteiger partial charge is 0.271 e. The molecule has 4 N–H and O–H groups in total. The highest BCUT2D eigenvalue weighted by molar-refractivity contribution is 6.05. The van der Waals surface area contributed by atoms with Crippen molar-refractivity contribution < 1.29 is 14.6 Å². The average Bonchev–Trinajstić information content (AvgIpc) is 2.95. The Bertz CT molecular complexity index is 841. The summed E-state index contributed by atoms with van der Waals surface area (Å²) < 4.78 is 5.20. The first-order valence-corrected chi connectivity index (χ1v) is 6.12. The summed E-state index contributed by atoms with van der Waals surface area (Å²) in [7, 11) is 1.55. The monoisotopic (exact) mass is 284 g/mol. The molecule has 3 rings (SSSR count). The molecule has 7 heteroatoms. The summed E-state index contributed by atoms with van der Waals surface area (Å²) in [6, 6.07) is 8.70. The van der Waals surface area contributed by atoms with Gasteiger partial charge in [0.05, 0.1) is 12.7 Å². The molecular weight excluding hydrogens is 272 g/mol. The zero-order chi connectivity index (χ0) is 15.0. The molecule has 0 unspecified atom stereocenters. The molecule has 3 aromatic rings. The van der Waals surface area contributed by atoms with Crippen LogP contribution in [0.3, 0.4) is 0 Å². The van der Waals surface area contributed by atoms with Gasteiger partial charge >= 0.3 is 0 Å². The number of ether oxygens (including phenoxy) is 1. The molecule has 21 heavy (non-hydrogen) atoms. The minimum absolute atomic E-state index is 0.0212. The van der Waals surface area contributed by atoms with Crippen molar-refractivity contribution in [3.63, 3.8) is 0 Å². The Morgan fingerprint density at radius 2 is 2.05 bits per heavy atom. The summed E-state index contributed by atoms with van der Waals surface area (Å²) in [6.07, 6.45) is 0. The van der Waals surface area contributed by atoms with E-state index in [2.05, 4.69) is 15.4 Å². The molecular formula is C14H12N4O3. The number of fused-ring (bicyclic) bond motifs is 1. The van der Waals surface area contributed by atoms with Crippen molar-refractivity contribution in [1.82, 2.24) is 15.4 Å². The van der Waals surface area contributed by atoms with Gasteiger partial charge < -0.3 is 15.6 Å². The van der Waals surface area contributed by atoms with E-state index in [4.69, 9.17) is 10.5 Å². The molecule has 0 aliphatic heterocycles. The number of methoxy groups -OCH3 is 1. The van der Waals surface area contributed by atoms with E-state index in [0.717, 1.165) is 5.39 Å². The van der Waals surface area contributed by atoms with E-state index in [0.29, 0.717) is 16.7 Å². The molecule has 0 aliphatic carbocycles. The van der Waals surface area contributed by atoms with Crippen LogP contribution in [-0.4, -0.2) is 33.5 Å². The largest absolute Gasteiger partial charge is 0.507 e. The minimum Gasteiger partial charge on any atom is -0.507 e. The Morgan fingerprint density at radius 3 is 2.76 bits per heavy atom. The molecule has 0 aliphatic rings. The number of aromatic amines is 1. The predicted octanol–water partition coefficient (Wildman–Crippen LogP) is 1.44. The number of aromatic hydroxyl groups is 1. The van der Waals surface area contributed by atoms with E-state index in [1.54, 1.807) is 25.3 Å². The lowest BCUT2D eigenvalue weighted by molar-refractivity contribution is 0.0996. The fourth-order valence-electron chi connectivity index (χ4n) is 2.24. The number of phenols is 1. The van der Waals surface area contributed by atoms with Gasteiger partial charge in [0.25, 0.3) is 5.91 Å². The first kappa shape index (κ1) is 12.9. The molecule has 0 atom stereocenters. The molecule has 0 radical (unpaired) electrons. The Kier molecular flexibility index (Phi) is 2.94. The number of carbonyl (C=O) groups excluding carboxylic acids is 1. The molecule has 0 spiro atoms. The molecule has 7 nitrogen and oxygen atoms in total. The summed E-state index contributed by atoms with van der Waals surface area (Å²) in [5, 5.41) is 21.7. The van der Waals surface area contributed by atoms with Crippen LogP contribution in [-0.2, 0) is 0 Å². The van der Waals surface area contributed by atoms with Gasteiger partial charge in [-0.2, -0.15) is 15.4 Å². The predicted molar refractivity (Wildman–Crippen MR) is 76.1 cm³/mol. The van der Waals surface area contributed by atoms with Crippen LogP contribution < -0.4 is 10.5 Å². The summed E-state index contributed by atoms with van der Waals surface area (Å²) in [5.41, 5.74) is 5.84. The SMILES string of the molecule is COc1ccc2ccc(O)c(-c3n[nH]nc3C(N)=O)c2c1. The Balaban J connectivity index is 2.37. The van der Waals surface area contributed by atoms with Crippen molar-refractivity contribution >= 4 is 16.7 Å². The highest BCUT2D eigenvalue weighted by Gasteiger charge is 2.20. The van der Waals surface area contributed by atoms with Gasteiger partial charge in [-0.1, -0.05) is 12.1 Å². The third-order valence-electron chi connectivity index (χ3n) is 3.22. The van der Waals surface area contributed by atoms with Crippen LogP contribution in [0.1, 0.15) is 10.5 Å². The van der Waals surface area contributed by atoms with Gasteiger partial charge in [-0.3, -0.25) is 4.79 Å². The second kappa shape index (κ2) is 4.78. The summed E-state index contributed by atoms with van der Waals surface area (Å²) in [5.74, 6) is -0.122. The van der Waals surface area contributed by atoms with Gasteiger partial charge in [-0.15, -0.1) is 0 Å². The van der Waals surface area contributed by atoms with Crippen molar-refractivity contribution in [2.75, 3.05) is 7.11 Å². The molecule has 0 saturated carbocycles. The van der Waals surface area contributed by atoms with Crippen LogP contribution in [0.4, 0.5) is 0 Å². The van der Waals surface area contributed by atoms with E-state index in [9.17, 15) is 9.90 Å². The number of hydrogen-bond acceptors (Lipinski definition) is 5. The number of rotatable bonds is 3. The van der Waals surface area contributed by atoms with Gasteiger partial charge in [0, 0.05) is 0 Å². The maximum absolute atomic E-state index is 11.4. The molecule has 0 fully saturated rings. The number of phenolic OH excluding ortho intramolecular Hbond substituents is 1. The molecule has 1 aromatic heterocycles. The van der Waals surface area contributed by atoms with E-state index in [1.165, 1.54) is 6.07 Å². The number of nitrogens with two attached hydrogens (primary N) is 1. The van der Waals surface area contributed by atoms with Crippen molar-refractivity contribution in [3.8, 4) is 22.8 Å². The molecule has 1 heterocycles. The topological polar surface area (TPSA) is 114 Å². The number of nitrogens with zero attached hydrogens (tertiary/aromatic N) is 2. The Morgan fingerprint density at radius 1 is 1.29 bits per heavy atom. The van der Waals surface area contributed by atoms with Crippen LogP contribution in [0.25, 0.3) is 22.0 Å². The number of amides is 1. The van der Waals surface area contributed by atoms with Crippen LogP contribution >= 0.6 is 0 Å². The summed E-state index contributed by atoms with van der Waals surface area (Å²) >= 11 is 0. The quantitative estimate of drug-likeness (QED) is 0.673. The van der Waals surface area contributed by atoms with Crippen molar-refractivity contribution in [1.29, 1.82) is 0 Å². The number of benzene rings is 2. The van der Waals surface area contributed by atoms with Crippen molar-refractivity contribution in [2.24, 2.45) is 5.73 Å². The molecule has 106 valence electrons. The van der Waals surface area contributed by atoms with Crippen molar-refractivity contribution in [2.45, 2.75) is 0 Å². The van der Waals surface area contributed by atoms with E-state index < -0.39 is 5.91 Å². The normalized spacial score (nSPS) is 10.7. The third kappa shape index (κ3) is 2.04. The van der Waals surface area contributed by atoms with E-state index in [-0.39, 0.29) is 17.1 Å². The Hall–Kier alpha value is -3.09. The second-order valence-corrected chi connectivity index (χ2v) is 4.43. The molecule has 0 bridgehead atoms.